The molecule has 1 aromatic carbocycles. The molecule has 0 saturated heterocycles. The summed E-state index contributed by atoms with van der Waals surface area (Å²) in [7, 11) is 1.71. The van der Waals surface area contributed by atoms with Crippen molar-refractivity contribution >= 4 is 0 Å². The van der Waals surface area contributed by atoms with Gasteiger partial charge in [-0.25, -0.2) is 0 Å². The van der Waals surface area contributed by atoms with Crippen LogP contribution in [0.1, 0.15) is 57.6 Å². The first kappa shape index (κ1) is 14.4. The number of rotatable bonds is 5. The molecule has 0 radical (unpaired) electrons. The minimum Gasteiger partial charge on any atom is -0.497 e. The summed E-state index contributed by atoms with van der Waals surface area (Å²) in [6.07, 6.45) is 7.03. The van der Waals surface area contributed by atoms with E-state index in [1.54, 1.807) is 7.11 Å². The van der Waals surface area contributed by atoms with Crippen molar-refractivity contribution in [3.8, 4) is 5.75 Å². The van der Waals surface area contributed by atoms with Crippen LogP contribution >= 0.6 is 0 Å². The Morgan fingerprint density at radius 1 is 1.05 bits per heavy atom. The van der Waals surface area contributed by atoms with E-state index in [1.807, 2.05) is 12.1 Å². The molecule has 0 spiro atoms. The molecule has 2 heteroatoms. The highest BCUT2D eigenvalue weighted by molar-refractivity contribution is 5.28. The molecular formula is C17H27NO. The summed E-state index contributed by atoms with van der Waals surface area (Å²) in [5.41, 5.74) is 1.34. The van der Waals surface area contributed by atoms with Crippen molar-refractivity contribution in [3.63, 3.8) is 0 Å². The van der Waals surface area contributed by atoms with Crippen LogP contribution in [0.25, 0.3) is 0 Å². The predicted molar refractivity (Wildman–Crippen MR) is 80.6 cm³/mol. The number of benzene rings is 1. The molecule has 0 bridgehead atoms. The maximum absolute atomic E-state index is 5.20. The fourth-order valence-electron chi connectivity index (χ4n) is 3.15. The first-order valence-corrected chi connectivity index (χ1v) is 7.60. The van der Waals surface area contributed by atoms with Gasteiger partial charge in [-0.3, -0.25) is 0 Å². The van der Waals surface area contributed by atoms with Gasteiger partial charge in [0.05, 0.1) is 7.11 Å². The van der Waals surface area contributed by atoms with Gasteiger partial charge in [0, 0.05) is 12.1 Å². The second-order valence-electron chi connectivity index (χ2n) is 5.85. The maximum Gasteiger partial charge on any atom is 0.118 e. The first-order valence-electron chi connectivity index (χ1n) is 7.60. The zero-order chi connectivity index (χ0) is 13.7. The summed E-state index contributed by atoms with van der Waals surface area (Å²) in [5.74, 6) is 1.78. The SMILES string of the molecule is COc1ccc(C(C)NC(C)C2CCCCC2)cc1. The highest BCUT2D eigenvalue weighted by atomic mass is 16.5. The molecule has 1 saturated carbocycles. The lowest BCUT2D eigenvalue weighted by molar-refractivity contribution is 0.268. The third-order valence-electron chi connectivity index (χ3n) is 4.49. The first-order chi connectivity index (χ1) is 9.20. The normalized spacial score (nSPS) is 19.9. The van der Waals surface area contributed by atoms with Crippen LogP contribution in [-0.2, 0) is 0 Å². The summed E-state index contributed by atoms with van der Waals surface area (Å²) in [6.45, 7) is 4.59. The standard InChI is InChI=1S/C17H27NO/c1-13(15-7-5-4-6-8-15)18-14(2)16-9-11-17(19-3)12-10-16/h9-15,18H,4-8H2,1-3H3. The van der Waals surface area contributed by atoms with Crippen LogP contribution in [-0.4, -0.2) is 13.2 Å². The fourth-order valence-corrected chi connectivity index (χ4v) is 3.15. The van der Waals surface area contributed by atoms with Gasteiger partial charge in [0.1, 0.15) is 5.75 Å². The Kier molecular flexibility index (Phi) is 5.26. The second kappa shape index (κ2) is 6.95. The van der Waals surface area contributed by atoms with E-state index in [0.717, 1.165) is 11.7 Å². The average Bonchev–Trinajstić information content (AvgIpc) is 2.48. The lowest BCUT2D eigenvalue weighted by Gasteiger charge is -2.30. The smallest absolute Gasteiger partial charge is 0.118 e. The summed E-state index contributed by atoms with van der Waals surface area (Å²) in [6, 6.07) is 9.41. The van der Waals surface area contributed by atoms with E-state index < -0.39 is 0 Å². The zero-order valence-electron chi connectivity index (χ0n) is 12.5. The molecule has 2 rings (SSSR count). The van der Waals surface area contributed by atoms with E-state index in [-0.39, 0.29) is 0 Å². The van der Waals surface area contributed by atoms with Crippen LogP contribution in [0.5, 0.6) is 5.75 Å². The molecule has 1 aromatic rings. The number of hydrogen-bond donors (Lipinski definition) is 1. The van der Waals surface area contributed by atoms with Gasteiger partial charge in [0.15, 0.2) is 0 Å². The number of hydrogen-bond acceptors (Lipinski definition) is 2. The lowest BCUT2D eigenvalue weighted by Crippen LogP contribution is -2.36. The summed E-state index contributed by atoms with van der Waals surface area (Å²) >= 11 is 0. The van der Waals surface area contributed by atoms with E-state index in [2.05, 4.69) is 31.3 Å². The van der Waals surface area contributed by atoms with Crippen molar-refractivity contribution in [1.82, 2.24) is 5.32 Å². The molecule has 0 aromatic heterocycles. The van der Waals surface area contributed by atoms with Gasteiger partial charge in [-0.2, -0.15) is 0 Å². The van der Waals surface area contributed by atoms with Crippen LogP contribution in [0.15, 0.2) is 24.3 Å². The van der Waals surface area contributed by atoms with Crippen LogP contribution in [0.4, 0.5) is 0 Å². The van der Waals surface area contributed by atoms with Gasteiger partial charge in [-0.05, 0) is 50.3 Å². The van der Waals surface area contributed by atoms with Crippen molar-refractivity contribution in [3.05, 3.63) is 29.8 Å². The van der Waals surface area contributed by atoms with Crippen LogP contribution in [0.2, 0.25) is 0 Å². The van der Waals surface area contributed by atoms with E-state index in [9.17, 15) is 0 Å². The molecule has 1 fully saturated rings. The Labute approximate surface area is 117 Å². The van der Waals surface area contributed by atoms with Crippen molar-refractivity contribution in [2.75, 3.05) is 7.11 Å². The predicted octanol–water partition coefficient (Wildman–Crippen LogP) is 4.31. The van der Waals surface area contributed by atoms with Crippen LogP contribution in [0.3, 0.4) is 0 Å². The average molecular weight is 261 g/mol. The molecule has 1 aliphatic carbocycles. The third-order valence-corrected chi connectivity index (χ3v) is 4.49. The topological polar surface area (TPSA) is 21.3 Å². The largest absolute Gasteiger partial charge is 0.497 e. The van der Waals surface area contributed by atoms with Gasteiger partial charge in [0.25, 0.3) is 0 Å². The molecule has 0 aliphatic heterocycles. The summed E-state index contributed by atoms with van der Waals surface area (Å²) in [5, 5.41) is 3.76. The number of methoxy groups -OCH3 is 1. The highest BCUT2D eigenvalue weighted by Crippen LogP contribution is 2.28. The molecule has 1 aliphatic rings. The monoisotopic (exact) mass is 261 g/mol. The zero-order valence-corrected chi connectivity index (χ0v) is 12.5. The van der Waals surface area contributed by atoms with Gasteiger partial charge in [-0.15, -0.1) is 0 Å². The Hall–Kier alpha value is -1.02. The summed E-state index contributed by atoms with van der Waals surface area (Å²) in [4.78, 5) is 0. The highest BCUT2D eigenvalue weighted by Gasteiger charge is 2.21. The second-order valence-corrected chi connectivity index (χ2v) is 5.85. The van der Waals surface area contributed by atoms with Crippen molar-refractivity contribution in [1.29, 1.82) is 0 Å². The van der Waals surface area contributed by atoms with E-state index in [0.29, 0.717) is 12.1 Å². The number of nitrogens with one attached hydrogen (secondary N) is 1. The molecule has 0 amide bonds. The van der Waals surface area contributed by atoms with Crippen LogP contribution in [0, 0.1) is 5.92 Å². The molecule has 2 atom stereocenters. The number of ether oxygens (including phenoxy) is 1. The van der Waals surface area contributed by atoms with E-state index >= 15 is 0 Å². The van der Waals surface area contributed by atoms with Gasteiger partial charge < -0.3 is 10.1 Å². The third kappa shape index (κ3) is 3.97. The van der Waals surface area contributed by atoms with Gasteiger partial charge in [-0.1, -0.05) is 31.4 Å². The molecule has 19 heavy (non-hydrogen) atoms. The van der Waals surface area contributed by atoms with Crippen molar-refractivity contribution in [2.45, 2.75) is 58.0 Å². The van der Waals surface area contributed by atoms with Gasteiger partial charge >= 0.3 is 0 Å². The Morgan fingerprint density at radius 2 is 1.68 bits per heavy atom. The fraction of sp³-hybridized carbons (Fsp3) is 0.647. The van der Waals surface area contributed by atoms with E-state index in [4.69, 9.17) is 4.74 Å². The van der Waals surface area contributed by atoms with Crippen LogP contribution < -0.4 is 10.1 Å². The molecule has 2 unspecified atom stereocenters. The maximum atomic E-state index is 5.20. The lowest BCUT2D eigenvalue weighted by atomic mass is 9.84. The molecule has 1 N–H and O–H groups in total. The molecule has 2 nitrogen and oxygen atoms in total. The molecule has 0 heterocycles. The van der Waals surface area contributed by atoms with Gasteiger partial charge in [0.2, 0.25) is 0 Å². The Balaban J connectivity index is 1.89. The minimum absolute atomic E-state index is 0.405. The minimum atomic E-state index is 0.405. The Bertz CT molecular complexity index is 367. The van der Waals surface area contributed by atoms with Crippen molar-refractivity contribution in [2.24, 2.45) is 5.92 Å². The van der Waals surface area contributed by atoms with Crippen molar-refractivity contribution < 1.29 is 4.74 Å². The quantitative estimate of drug-likeness (QED) is 0.852. The molecular weight excluding hydrogens is 234 g/mol. The van der Waals surface area contributed by atoms with E-state index in [1.165, 1.54) is 37.7 Å². The Morgan fingerprint density at radius 3 is 2.26 bits per heavy atom. The molecule has 106 valence electrons. The summed E-state index contributed by atoms with van der Waals surface area (Å²) < 4.78 is 5.20.